The molecule has 0 amide bonds. The van der Waals surface area contributed by atoms with E-state index >= 15 is 0 Å². The lowest BCUT2D eigenvalue weighted by molar-refractivity contribution is -0.151. The Hall–Kier alpha value is -0.620. The predicted octanol–water partition coefficient (Wildman–Crippen LogP) is 1.61. The zero-order chi connectivity index (χ0) is 14.9. The summed E-state index contributed by atoms with van der Waals surface area (Å²) < 4.78 is 7.69. The molecule has 1 atom stereocenters. The lowest BCUT2D eigenvalue weighted by Gasteiger charge is -2.42. The number of aryl methyl sites for hydroxylation is 2. The number of aliphatic hydroxyl groups is 1. The van der Waals surface area contributed by atoms with Gasteiger partial charge in [0.05, 0.1) is 34.7 Å². The fourth-order valence-corrected chi connectivity index (χ4v) is 3.19. The van der Waals surface area contributed by atoms with E-state index < -0.39 is 0 Å². The summed E-state index contributed by atoms with van der Waals surface area (Å²) in [5.41, 5.74) is 1.71. The highest BCUT2D eigenvalue weighted by Gasteiger charge is 2.33. The van der Waals surface area contributed by atoms with Crippen molar-refractivity contribution in [3.63, 3.8) is 0 Å². The lowest BCUT2D eigenvalue weighted by atomic mass is 10.1. The molecule has 1 aliphatic heterocycles. The number of ether oxygens (including phenoxy) is 1. The molecule has 6 heteroatoms. The number of aliphatic hydroxyl groups excluding tert-OH is 1. The summed E-state index contributed by atoms with van der Waals surface area (Å²) in [6.45, 7) is 8.44. The van der Waals surface area contributed by atoms with Gasteiger partial charge in [0.15, 0.2) is 0 Å². The predicted molar refractivity (Wildman–Crippen MR) is 78.9 cm³/mol. The summed E-state index contributed by atoms with van der Waals surface area (Å²) in [6.07, 6.45) is 0.692. The molecule has 2 rings (SSSR count). The van der Waals surface area contributed by atoms with Gasteiger partial charge in [-0.25, -0.2) is 0 Å². The van der Waals surface area contributed by atoms with E-state index in [4.69, 9.17) is 16.3 Å². The summed E-state index contributed by atoms with van der Waals surface area (Å²) in [5, 5.41) is 14.6. The standard InChI is InChI=1S/C14H24ClN3O2/c1-5-11-13(15)12(17(4)16-11)7-18-6-10(8-19)20-14(2,3)9-18/h10,19H,5-9H2,1-4H3. The van der Waals surface area contributed by atoms with Gasteiger partial charge < -0.3 is 9.84 Å². The number of morpholine rings is 1. The van der Waals surface area contributed by atoms with Crippen LogP contribution in [-0.4, -0.2) is 51.2 Å². The number of hydrogen-bond acceptors (Lipinski definition) is 4. The molecule has 1 aliphatic rings. The SMILES string of the molecule is CCc1nn(C)c(CN2CC(CO)OC(C)(C)C2)c1Cl. The third-order valence-electron chi connectivity index (χ3n) is 3.63. The van der Waals surface area contributed by atoms with Crippen LogP contribution in [0.15, 0.2) is 0 Å². The van der Waals surface area contributed by atoms with Gasteiger partial charge >= 0.3 is 0 Å². The van der Waals surface area contributed by atoms with Crippen molar-refractivity contribution in [1.29, 1.82) is 0 Å². The van der Waals surface area contributed by atoms with Gasteiger partial charge in [-0.1, -0.05) is 18.5 Å². The van der Waals surface area contributed by atoms with Crippen molar-refractivity contribution in [3.8, 4) is 0 Å². The van der Waals surface area contributed by atoms with Crippen molar-refractivity contribution in [2.24, 2.45) is 7.05 Å². The van der Waals surface area contributed by atoms with Gasteiger partial charge in [0.2, 0.25) is 0 Å². The molecule has 1 saturated heterocycles. The maximum absolute atomic E-state index is 9.36. The van der Waals surface area contributed by atoms with Crippen LogP contribution in [0.5, 0.6) is 0 Å². The number of aromatic nitrogens is 2. The Kier molecular flexibility index (Phi) is 4.74. The maximum Gasteiger partial charge on any atom is 0.0940 e. The summed E-state index contributed by atoms with van der Waals surface area (Å²) in [6, 6.07) is 0. The molecule has 1 fully saturated rings. The van der Waals surface area contributed by atoms with Crippen LogP contribution in [0.1, 0.15) is 32.2 Å². The second kappa shape index (κ2) is 6.02. The van der Waals surface area contributed by atoms with Crippen molar-refractivity contribution in [2.45, 2.75) is 45.4 Å². The van der Waals surface area contributed by atoms with Gasteiger partial charge in [0.1, 0.15) is 0 Å². The monoisotopic (exact) mass is 301 g/mol. The second-order valence-corrected chi connectivity index (χ2v) is 6.41. The first-order valence-electron chi connectivity index (χ1n) is 7.07. The lowest BCUT2D eigenvalue weighted by Crippen LogP contribution is -2.53. The van der Waals surface area contributed by atoms with Gasteiger partial charge in [-0.3, -0.25) is 9.58 Å². The first-order valence-corrected chi connectivity index (χ1v) is 7.45. The molecule has 2 heterocycles. The molecule has 1 aromatic heterocycles. The van der Waals surface area contributed by atoms with Crippen LogP contribution in [0, 0.1) is 0 Å². The summed E-state index contributed by atoms with van der Waals surface area (Å²) >= 11 is 6.40. The second-order valence-electron chi connectivity index (χ2n) is 6.04. The van der Waals surface area contributed by atoms with Crippen molar-refractivity contribution < 1.29 is 9.84 Å². The van der Waals surface area contributed by atoms with Gasteiger partial charge in [0.25, 0.3) is 0 Å². The quantitative estimate of drug-likeness (QED) is 0.918. The smallest absolute Gasteiger partial charge is 0.0940 e. The fourth-order valence-electron chi connectivity index (χ4n) is 2.84. The van der Waals surface area contributed by atoms with E-state index in [9.17, 15) is 5.11 Å². The number of rotatable bonds is 4. The topological polar surface area (TPSA) is 50.5 Å². The highest BCUT2D eigenvalue weighted by Crippen LogP contribution is 2.26. The minimum atomic E-state index is -0.260. The van der Waals surface area contributed by atoms with Crippen LogP contribution in [0.25, 0.3) is 0 Å². The molecule has 1 unspecified atom stereocenters. The Balaban J connectivity index is 2.15. The highest BCUT2D eigenvalue weighted by molar-refractivity contribution is 6.31. The minimum Gasteiger partial charge on any atom is -0.394 e. The van der Waals surface area contributed by atoms with Crippen LogP contribution in [0.3, 0.4) is 0 Å². The van der Waals surface area contributed by atoms with E-state index in [2.05, 4.69) is 16.9 Å². The summed E-state index contributed by atoms with van der Waals surface area (Å²) in [4.78, 5) is 2.27. The van der Waals surface area contributed by atoms with Gasteiger partial charge in [-0.2, -0.15) is 5.10 Å². The maximum atomic E-state index is 9.36. The zero-order valence-corrected chi connectivity index (χ0v) is 13.4. The third kappa shape index (κ3) is 3.34. The molecule has 5 nitrogen and oxygen atoms in total. The molecular formula is C14H24ClN3O2. The minimum absolute atomic E-state index is 0.0409. The van der Waals surface area contributed by atoms with E-state index in [-0.39, 0.29) is 18.3 Å². The third-order valence-corrected chi connectivity index (χ3v) is 4.07. The highest BCUT2D eigenvalue weighted by atomic mass is 35.5. The Labute approximate surface area is 125 Å². The molecule has 0 saturated carbocycles. The van der Waals surface area contributed by atoms with Crippen LogP contribution >= 0.6 is 11.6 Å². The van der Waals surface area contributed by atoms with Gasteiger partial charge in [-0.05, 0) is 20.3 Å². The summed E-state index contributed by atoms with van der Waals surface area (Å²) in [5.74, 6) is 0. The van der Waals surface area contributed by atoms with Crippen molar-refractivity contribution in [3.05, 3.63) is 16.4 Å². The van der Waals surface area contributed by atoms with E-state index in [0.29, 0.717) is 6.54 Å². The summed E-state index contributed by atoms with van der Waals surface area (Å²) in [7, 11) is 1.93. The molecule has 0 aliphatic carbocycles. The van der Waals surface area contributed by atoms with Crippen LogP contribution < -0.4 is 0 Å². The van der Waals surface area contributed by atoms with Crippen LogP contribution in [-0.2, 0) is 24.8 Å². The molecule has 1 N–H and O–H groups in total. The Morgan fingerprint density at radius 1 is 1.50 bits per heavy atom. The number of nitrogens with zero attached hydrogens (tertiary/aromatic N) is 3. The number of hydrogen-bond donors (Lipinski definition) is 1. The molecule has 0 radical (unpaired) electrons. The van der Waals surface area contributed by atoms with Crippen molar-refractivity contribution in [1.82, 2.24) is 14.7 Å². The zero-order valence-electron chi connectivity index (χ0n) is 12.7. The molecular weight excluding hydrogens is 278 g/mol. The molecule has 20 heavy (non-hydrogen) atoms. The Bertz CT molecular complexity index is 473. The normalized spacial score (nSPS) is 23.2. The first-order chi connectivity index (χ1) is 9.36. The van der Waals surface area contributed by atoms with E-state index in [1.54, 1.807) is 0 Å². The van der Waals surface area contributed by atoms with Crippen molar-refractivity contribution >= 4 is 11.6 Å². The Morgan fingerprint density at radius 3 is 2.75 bits per heavy atom. The Morgan fingerprint density at radius 2 is 2.20 bits per heavy atom. The molecule has 114 valence electrons. The van der Waals surface area contributed by atoms with Crippen LogP contribution in [0.2, 0.25) is 5.02 Å². The van der Waals surface area contributed by atoms with Crippen molar-refractivity contribution in [2.75, 3.05) is 19.7 Å². The van der Waals surface area contributed by atoms with Gasteiger partial charge in [-0.15, -0.1) is 0 Å². The fraction of sp³-hybridized carbons (Fsp3) is 0.786. The first kappa shape index (κ1) is 15.8. The van der Waals surface area contributed by atoms with Crippen LogP contribution in [0.4, 0.5) is 0 Å². The average Bonchev–Trinajstić information content (AvgIpc) is 2.64. The van der Waals surface area contributed by atoms with E-state index in [1.165, 1.54) is 0 Å². The van der Waals surface area contributed by atoms with E-state index in [1.807, 2.05) is 25.6 Å². The molecule has 0 aromatic carbocycles. The largest absolute Gasteiger partial charge is 0.394 e. The molecule has 0 bridgehead atoms. The number of halogens is 1. The van der Waals surface area contributed by atoms with Gasteiger partial charge in [0, 0.05) is 26.7 Å². The average molecular weight is 302 g/mol. The molecule has 0 spiro atoms. The molecule has 1 aromatic rings. The van der Waals surface area contributed by atoms with E-state index in [0.717, 1.165) is 35.9 Å².